The summed E-state index contributed by atoms with van der Waals surface area (Å²) in [6.07, 6.45) is 3.23. The molecule has 5 heteroatoms. The second-order valence-electron chi connectivity index (χ2n) is 8.41. The van der Waals surface area contributed by atoms with Crippen LogP contribution in [-0.2, 0) is 22.4 Å². The topological polar surface area (TPSA) is 84.5 Å². The molecule has 0 aliphatic rings. The normalized spacial score (nSPS) is 12.1. The van der Waals surface area contributed by atoms with Crippen LogP contribution >= 0.6 is 0 Å². The zero-order chi connectivity index (χ0) is 19.2. The molecule has 1 radical (unpaired) electrons. The van der Waals surface area contributed by atoms with Gasteiger partial charge in [-0.05, 0) is 62.3 Å². The van der Waals surface area contributed by atoms with Crippen LogP contribution < -0.4 is 0 Å². The summed E-state index contributed by atoms with van der Waals surface area (Å²) in [6, 6.07) is 0.199. The molecular weight excluding hydrogens is 371 g/mol. The fourth-order valence-electron chi connectivity index (χ4n) is 0.553. The van der Waals surface area contributed by atoms with Gasteiger partial charge in [0.1, 0.15) is 0 Å². The summed E-state index contributed by atoms with van der Waals surface area (Å²) in [5, 5.41) is 25.6. The van der Waals surface area contributed by atoms with Crippen LogP contribution in [0.5, 0.6) is 0 Å². The van der Waals surface area contributed by atoms with Gasteiger partial charge in [0.25, 0.3) is 0 Å². The van der Waals surface area contributed by atoms with E-state index in [9.17, 15) is 0 Å². The van der Waals surface area contributed by atoms with Crippen molar-refractivity contribution < 1.29 is 37.7 Å². The molecule has 0 aromatic heterocycles. The van der Waals surface area contributed by atoms with E-state index in [1.165, 1.54) is 0 Å². The molecule has 0 aromatic rings. The minimum atomic E-state index is -0.500. The van der Waals surface area contributed by atoms with Crippen molar-refractivity contribution >= 4 is 0 Å². The Kier molecular flexibility index (Phi) is 26.4. The molecular formula is C18H44NNbO3-. The summed E-state index contributed by atoms with van der Waals surface area (Å²) in [6.45, 7) is 19.9. The van der Waals surface area contributed by atoms with Gasteiger partial charge in [-0.3, -0.25) is 0 Å². The van der Waals surface area contributed by atoms with Gasteiger partial charge in [0.2, 0.25) is 0 Å². The molecule has 0 aliphatic heterocycles. The van der Waals surface area contributed by atoms with Gasteiger partial charge in [0, 0.05) is 22.4 Å². The average Bonchev–Trinajstić information content (AvgIpc) is 2.09. The van der Waals surface area contributed by atoms with E-state index in [0.717, 1.165) is 19.3 Å². The monoisotopic (exact) mass is 415 g/mol. The first-order chi connectivity index (χ1) is 9.31. The SMILES string of the molecule is CC(C)(C)O.CC(C)(C)O.CC(C)(C)O.CCCC([NH-])CC.[Nb]. The van der Waals surface area contributed by atoms with E-state index in [2.05, 4.69) is 13.8 Å². The van der Waals surface area contributed by atoms with Crippen LogP contribution in [0.15, 0.2) is 0 Å². The quantitative estimate of drug-likeness (QED) is 0.571. The molecule has 0 saturated carbocycles. The van der Waals surface area contributed by atoms with Gasteiger partial charge in [0.05, 0.1) is 16.8 Å². The van der Waals surface area contributed by atoms with Crippen molar-refractivity contribution in [2.24, 2.45) is 0 Å². The van der Waals surface area contributed by atoms with Crippen LogP contribution in [0.25, 0.3) is 5.73 Å². The molecule has 23 heavy (non-hydrogen) atoms. The summed E-state index contributed by atoms with van der Waals surface area (Å²) in [5.74, 6) is 0. The van der Waals surface area contributed by atoms with Gasteiger partial charge in [-0.15, -0.1) is 6.04 Å². The number of hydrogen-bond donors (Lipinski definition) is 3. The fraction of sp³-hybridized carbons (Fsp3) is 1.00. The molecule has 0 rings (SSSR count). The molecule has 0 spiro atoms. The zero-order valence-electron chi connectivity index (χ0n) is 17.5. The van der Waals surface area contributed by atoms with Crippen molar-refractivity contribution in [3.63, 3.8) is 0 Å². The first-order valence-electron chi connectivity index (χ1n) is 8.19. The van der Waals surface area contributed by atoms with Crippen molar-refractivity contribution in [1.29, 1.82) is 0 Å². The predicted molar refractivity (Wildman–Crippen MR) is 99.2 cm³/mol. The Morgan fingerprint density at radius 2 is 0.870 bits per heavy atom. The fourth-order valence-corrected chi connectivity index (χ4v) is 0.553. The van der Waals surface area contributed by atoms with Crippen LogP contribution in [0.4, 0.5) is 0 Å². The third-order valence-corrected chi connectivity index (χ3v) is 1.13. The van der Waals surface area contributed by atoms with Crippen molar-refractivity contribution in [3.8, 4) is 0 Å². The second kappa shape index (κ2) is 17.4. The van der Waals surface area contributed by atoms with Crippen molar-refractivity contribution in [1.82, 2.24) is 0 Å². The molecule has 145 valence electrons. The zero-order valence-corrected chi connectivity index (χ0v) is 19.7. The van der Waals surface area contributed by atoms with Gasteiger partial charge >= 0.3 is 0 Å². The first kappa shape index (κ1) is 34.8. The van der Waals surface area contributed by atoms with E-state index >= 15 is 0 Å². The van der Waals surface area contributed by atoms with E-state index in [-0.39, 0.29) is 28.4 Å². The molecule has 0 aliphatic carbocycles. The smallest absolute Gasteiger partial charge is 0.0563 e. The van der Waals surface area contributed by atoms with Crippen molar-refractivity contribution in [2.45, 2.75) is 118 Å². The molecule has 0 amide bonds. The van der Waals surface area contributed by atoms with E-state index < -0.39 is 16.8 Å². The summed E-state index contributed by atoms with van der Waals surface area (Å²) >= 11 is 0. The van der Waals surface area contributed by atoms with Crippen LogP contribution in [-0.4, -0.2) is 38.2 Å². The third kappa shape index (κ3) is 307. The van der Waals surface area contributed by atoms with Gasteiger partial charge in [0.15, 0.2) is 0 Å². The van der Waals surface area contributed by atoms with E-state index in [1.54, 1.807) is 62.3 Å². The number of rotatable bonds is 3. The summed E-state index contributed by atoms with van der Waals surface area (Å²) in [4.78, 5) is 0. The number of nitrogens with one attached hydrogen (secondary N) is 1. The summed E-state index contributed by atoms with van der Waals surface area (Å²) < 4.78 is 0. The van der Waals surface area contributed by atoms with E-state index in [1.807, 2.05) is 0 Å². The maximum absolute atomic E-state index is 8.52. The molecule has 4 nitrogen and oxygen atoms in total. The average molecular weight is 415 g/mol. The molecule has 1 atom stereocenters. The predicted octanol–water partition coefficient (Wildman–Crippen LogP) is 4.95. The van der Waals surface area contributed by atoms with Crippen molar-refractivity contribution in [2.75, 3.05) is 0 Å². The Bertz CT molecular complexity index is 169. The maximum Gasteiger partial charge on any atom is 0.0563 e. The Morgan fingerprint density at radius 1 is 0.696 bits per heavy atom. The second-order valence-corrected chi connectivity index (χ2v) is 8.41. The van der Waals surface area contributed by atoms with Gasteiger partial charge < -0.3 is 21.1 Å². The van der Waals surface area contributed by atoms with Gasteiger partial charge in [-0.2, -0.15) is 0 Å². The Hall–Kier alpha value is 0.580. The first-order valence-corrected chi connectivity index (χ1v) is 8.19. The molecule has 0 heterocycles. The van der Waals surface area contributed by atoms with Crippen molar-refractivity contribution in [3.05, 3.63) is 5.73 Å². The minimum Gasteiger partial charge on any atom is -0.675 e. The number of hydrogen-bond acceptors (Lipinski definition) is 3. The van der Waals surface area contributed by atoms with Crippen LogP contribution in [0.1, 0.15) is 95.4 Å². The third-order valence-electron chi connectivity index (χ3n) is 1.13. The molecule has 0 fully saturated rings. The Balaban J connectivity index is -0.0000000625. The van der Waals surface area contributed by atoms with Crippen LogP contribution in [0, 0.1) is 0 Å². The summed E-state index contributed by atoms with van der Waals surface area (Å²) in [5.41, 5.74) is 5.72. The molecule has 0 bridgehead atoms. The Morgan fingerprint density at radius 3 is 0.913 bits per heavy atom. The number of aliphatic hydroxyl groups is 3. The van der Waals surface area contributed by atoms with Gasteiger partial charge in [-0.25, -0.2) is 0 Å². The molecule has 0 aromatic carbocycles. The standard InChI is InChI=1S/C6H14N.3C4H10O.Nb/c1-3-5-6(7)4-2;3*1-4(2,3)5;/h6-7H,3-5H2,1-2H3;3*5H,1-3H3;/q-1;;;;. The van der Waals surface area contributed by atoms with Gasteiger partial charge in [-0.1, -0.05) is 33.1 Å². The molecule has 1 unspecified atom stereocenters. The van der Waals surface area contributed by atoms with E-state index in [4.69, 9.17) is 21.1 Å². The summed E-state index contributed by atoms with van der Waals surface area (Å²) in [7, 11) is 0. The molecule has 4 N–H and O–H groups in total. The maximum atomic E-state index is 8.52. The largest absolute Gasteiger partial charge is 0.675 e. The Labute approximate surface area is 161 Å². The van der Waals surface area contributed by atoms with Crippen LogP contribution in [0.2, 0.25) is 0 Å². The van der Waals surface area contributed by atoms with Crippen LogP contribution in [0.3, 0.4) is 0 Å². The molecule has 0 saturated heterocycles. The minimum absolute atomic E-state index is 0. The van der Waals surface area contributed by atoms with E-state index in [0.29, 0.717) is 0 Å².